The van der Waals surface area contributed by atoms with Crippen LogP contribution in [0, 0.1) is 0 Å². The van der Waals surface area contributed by atoms with Crippen LogP contribution in [0.25, 0.3) is 110 Å². The first-order valence-corrected chi connectivity index (χ1v) is 17.7. The van der Waals surface area contributed by atoms with E-state index in [1.54, 1.807) is 30.3 Å². The van der Waals surface area contributed by atoms with Gasteiger partial charge in [-0.15, -0.1) is 0 Å². The Bertz CT molecular complexity index is 4810. The zero-order valence-corrected chi connectivity index (χ0v) is 29.2. The number of furan rings is 1. The van der Waals surface area contributed by atoms with Crippen molar-refractivity contribution < 1.29 is 34.6 Å². The van der Waals surface area contributed by atoms with Gasteiger partial charge in [0.05, 0.1) is 52.2 Å². The largest absolute Gasteiger partial charge is 0.456 e. The third kappa shape index (κ3) is 4.86. The first-order chi connectivity index (χ1) is 37.4. The van der Waals surface area contributed by atoms with Gasteiger partial charge in [-0.3, -0.25) is 0 Å². The van der Waals surface area contributed by atoms with Gasteiger partial charge in [0.2, 0.25) is 0 Å². The maximum atomic E-state index is 10.1. The van der Waals surface area contributed by atoms with Crippen molar-refractivity contribution in [3.8, 4) is 44.8 Å². The molecule has 0 aliphatic heterocycles. The molecule has 0 N–H and O–H groups in total. The van der Waals surface area contributed by atoms with Crippen LogP contribution in [0.3, 0.4) is 0 Å². The Balaban J connectivity index is 1.21. The summed E-state index contributed by atoms with van der Waals surface area (Å²) in [5, 5.41) is -0.627. The van der Waals surface area contributed by atoms with Crippen LogP contribution in [-0.2, 0) is 0 Å². The van der Waals surface area contributed by atoms with Gasteiger partial charge in [0.1, 0.15) is 11.2 Å². The molecule has 3 nitrogen and oxygen atoms in total. The van der Waals surface area contributed by atoms with E-state index in [1.807, 2.05) is 0 Å². The van der Waals surface area contributed by atoms with Gasteiger partial charge in [-0.2, -0.15) is 0 Å². The molecular formula is C54H34N2O. The highest BCUT2D eigenvalue weighted by molar-refractivity contribution is 6.17. The van der Waals surface area contributed by atoms with E-state index in [0.29, 0.717) is 5.69 Å². The fraction of sp³-hybridized carbons (Fsp3) is 0. The SMILES string of the molecule is [2H]c1cc([2H])c([2H])c(-c2c([2H])c([2H])c([2H])c(-c3c([2H])c([2H])c([2H])c4oc5c([2H])cc(-n6c7cc([2H])c([2H])c([2H])c7c7c([2H])c(-c8c([2H])c([2H])c([2H])c9c%10c([2H])c([2H])cc([2H])c%10n(-c%10ccccc%10)c89)cc([2H])c76)cc5c34)c2[2H])c1. The average molecular weight is 749 g/mol. The van der Waals surface area contributed by atoms with Crippen LogP contribution < -0.4 is 0 Å². The summed E-state index contributed by atoms with van der Waals surface area (Å²) in [6.45, 7) is 0. The topological polar surface area (TPSA) is 23.0 Å². The van der Waals surface area contributed by atoms with Gasteiger partial charge in [-0.05, 0) is 94.4 Å². The number of hydrogen-bond donors (Lipinski definition) is 0. The lowest BCUT2D eigenvalue weighted by Crippen LogP contribution is -1.95. The van der Waals surface area contributed by atoms with Crippen molar-refractivity contribution in [2.75, 3.05) is 0 Å². The predicted molar refractivity (Wildman–Crippen MR) is 239 cm³/mol. The van der Waals surface area contributed by atoms with Crippen LogP contribution in [0.5, 0.6) is 0 Å². The van der Waals surface area contributed by atoms with Crippen LogP contribution in [-0.4, -0.2) is 9.13 Å². The summed E-state index contributed by atoms with van der Waals surface area (Å²) in [6, 6.07) is 5.47. The smallest absolute Gasteiger partial charge is 0.136 e. The Morgan fingerprint density at radius 3 is 2.14 bits per heavy atom. The van der Waals surface area contributed by atoms with Crippen molar-refractivity contribution in [2.24, 2.45) is 0 Å². The fourth-order valence-corrected chi connectivity index (χ4v) is 7.62. The Kier molecular flexibility index (Phi) is 3.72. The molecule has 3 heteroatoms. The summed E-state index contributed by atoms with van der Waals surface area (Å²) in [4.78, 5) is 0. The molecule has 0 radical (unpaired) electrons. The van der Waals surface area contributed by atoms with E-state index in [0.717, 1.165) is 12.1 Å². The standard InChI is InChI=1S/C54H34N2O/c1-3-14-35(15-4-1)36-16-11-17-37(32-36)41-22-13-27-52-53(41)47-34-40(29-31-51(47)57-52)55-48-25-9-8-21-44(48)46-33-38(28-30-50(46)55)42-23-12-24-45-43-20-7-10-26-49(43)56(54(42)45)39-18-5-2-6-19-39/h1-34H/i3D,4D,7D,8D,9D,11D,12D,13D,14D,16D,17D,20D,21D,22D,23D,24D,26D,27D,30D,31D,32D,33D. The first-order valence-electron chi connectivity index (χ1n) is 28.7. The minimum absolute atomic E-state index is 0.0112. The van der Waals surface area contributed by atoms with Crippen molar-refractivity contribution in [1.82, 2.24) is 9.13 Å². The van der Waals surface area contributed by atoms with Gasteiger partial charge in [0, 0.05) is 49.3 Å². The first kappa shape index (κ1) is 17.0. The summed E-state index contributed by atoms with van der Waals surface area (Å²) in [5.74, 6) is 0. The zero-order chi connectivity index (χ0) is 56.6. The van der Waals surface area contributed by atoms with Crippen molar-refractivity contribution in [3.05, 3.63) is 206 Å². The highest BCUT2D eigenvalue weighted by Crippen LogP contribution is 2.43. The second kappa shape index (κ2) is 12.5. The Labute approximate surface area is 359 Å². The van der Waals surface area contributed by atoms with E-state index in [4.69, 9.17) is 23.6 Å². The fourth-order valence-electron chi connectivity index (χ4n) is 7.62. The lowest BCUT2D eigenvalue weighted by atomic mass is 9.96. The Hall–Kier alpha value is -7.62. The molecule has 0 saturated carbocycles. The molecule has 9 aromatic carbocycles. The summed E-state index contributed by atoms with van der Waals surface area (Å²) < 4.78 is 209. The van der Waals surface area contributed by atoms with Crippen LogP contribution in [0.15, 0.2) is 210 Å². The highest BCUT2D eigenvalue weighted by atomic mass is 16.3. The molecule has 12 aromatic rings. The molecule has 0 saturated heterocycles. The molecule has 3 heterocycles. The lowest BCUT2D eigenvalue weighted by Gasteiger charge is -2.12. The van der Waals surface area contributed by atoms with Gasteiger partial charge in [0.15, 0.2) is 0 Å². The molecule has 0 spiro atoms. The van der Waals surface area contributed by atoms with Crippen LogP contribution in [0.1, 0.15) is 30.2 Å². The molecule has 0 aliphatic carbocycles. The van der Waals surface area contributed by atoms with Crippen molar-refractivity contribution in [3.63, 3.8) is 0 Å². The maximum absolute atomic E-state index is 10.1. The number of benzene rings is 9. The third-order valence-corrected chi connectivity index (χ3v) is 10.0. The molecule has 0 amide bonds. The maximum Gasteiger partial charge on any atom is 0.136 e. The van der Waals surface area contributed by atoms with Gasteiger partial charge < -0.3 is 13.6 Å². The molecule has 0 bridgehead atoms. The molecule has 0 atom stereocenters. The van der Waals surface area contributed by atoms with Crippen molar-refractivity contribution in [1.29, 1.82) is 0 Å². The summed E-state index contributed by atoms with van der Waals surface area (Å²) in [6.07, 6.45) is 0. The van der Waals surface area contributed by atoms with Crippen molar-refractivity contribution >= 4 is 65.6 Å². The van der Waals surface area contributed by atoms with Crippen LogP contribution in [0.4, 0.5) is 0 Å². The van der Waals surface area contributed by atoms with E-state index in [1.165, 1.54) is 39.5 Å². The number of para-hydroxylation sites is 4. The van der Waals surface area contributed by atoms with E-state index in [2.05, 4.69) is 0 Å². The molecule has 57 heavy (non-hydrogen) atoms. The predicted octanol–water partition coefficient (Wildman–Crippen LogP) is 14.8. The molecule has 0 aliphatic rings. The van der Waals surface area contributed by atoms with E-state index < -0.39 is 125 Å². The number of hydrogen-bond acceptors (Lipinski definition) is 1. The molecule has 0 unspecified atom stereocenters. The summed E-state index contributed by atoms with van der Waals surface area (Å²) in [7, 11) is 0. The lowest BCUT2D eigenvalue weighted by molar-refractivity contribution is 0.669. The quantitative estimate of drug-likeness (QED) is 0.172. The van der Waals surface area contributed by atoms with E-state index in [-0.39, 0.29) is 112 Å². The average Bonchev–Trinajstić information content (AvgIpc) is 4.02. The minimum atomic E-state index is -0.769. The van der Waals surface area contributed by atoms with E-state index >= 15 is 0 Å². The molecule has 266 valence electrons. The molecule has 0 fully saturated rings. The van der Waals surface area contributed by atoms with Crippen molar-refractivity contribution in [2.45, 2.75) is 0 Å². The number of fused-ring (bicyclic) bond motifs is 9. The van der Waals surface area contributed by atoms with Gasteiger partial charge in [-0.25, -0.2) is 0 Å². The molecule has 12 rings (SSSR count). The number of rotatable bonds is 5. The zero-order valence-electron chi connectivity index (χ0n) is 51.2. The normalized spacial score (nSPS) is 17.3. The van der Waals surface area contributed by atoms with Crippen LogP contribution in [0.2, 0.25) is 0 Å². The minimum Gasteiger partial charge on any atom is -0.456 e. The van der Waals surface area contributed by atoms with Crippen LogP contribution >= 0.6 is 0 Å². The van der Waals surface area contributed by atoms with Gasteiger partial charge >= 0.3 is 0 Å². The molecule has 3 aromatic heterocycles. The monoisotopic (exact) mass is 748 g/mol. The summed E-state index contributed by atoms with van der Waals surface area (Å²) in [5.41, 5.74) is -2.17. The Morgan fingerprint density at radius 2 is 1.18 bits per heavy atom. The Morgan fingerprint density at radius 1 is 0.386 bits per heavy atom. The number of nitrogens with zero attached hydrogens (tertiary/aromatic N) is 2. The number of aromatic nitrogens is 2. The van der Waals surface area contributed by atoms with Gasteiger partial charge in [-0.1, -0.05) is 139 Å². The summed E-state index contributed by atoms with van der Waals surface area (Å²) >= 11 is 0. The van der Waals surface area contributed by atoms with E-state index in [9.17, 15) is 11.0 Å². The second-order valence-corrected chi connectivity index (χ2v) is 13.2. The molecular weight excluding hydrogens is 693 g/mol. The second-order valence-electron chi connectivity index (χ2n) is 13.2. The van der Waals surface area contributed by atoms with Gasteiger partial charge in [0.25, 0.3) is 0 Å². The highest BCUT2D eigenvalue weighted by Gasteiger charge is 2.20. The third-order valence-electron chi connectivity index (χ3n) is 10.0.